The van der Waals surface area contributed by atoms with Crippen LogP contribution in [0, 0.1) is 0 Å². The molecular formula is C18H33ClN4O3. The van der Waals surface area contributed by atoms with Crippen molar-refractivity contribution in [2.75, 3.05) is 45.8 Å². The molecule has 0 bridgehead atoms. The van der Waals surface area contributed by atoms with Crippen LogP contribution in [0.1, 0.15) is 46.0 Å². The largest absolute Gasteiger partial charge is 0.343 e. The third-order valence-corrected chi connectivity index (χ3v) is 5.21. The molecule has 2 aliphatic heterocycles. The number of hydrogen-bond acceptors (Lipinski definition) is 4. The predicted molar refractivity (Wildman–Crippen MR) is 103 cm³/mol. The maximum atomic E-state index is 12.5. The molecule has 2 rings (SSSR count). The summed E-state index contributed by atoms with van der Waals surface area (Å²) in [6.07, 6.45) is 3.35. The first-order chi connectivity index (χ1) is 12.1. The molecule has 1 N–H and O–H groups in total. The lowest BCUT2D eigenvalue weighted by molar-refractivity contribution is -0.140. The smallest absolute Gasteiger partial charge is 0.236 e. The van der Waals surface area contributed by atoms with Gasteiger partial charge in [0.25, 0.3) is 0 Å². The standard InChI is InChI=1S/C18H32N4O3.ClH/c1-3-20(4-2)16(23)8-5-9-17(24)21-11-6-7-15(14-21)22-12-10-19-13-18(22)25;/h15,19H,3-14H2,1-2H3;1H. The van der Waals surface area contributed by atoms with Crippen molar-refractivity contribution in [3.05, 3.63) is 0 Å². The third-order valence-electron chi connectivity index (χ3n) is 5.21. The van der Waals surface area contributed by atoms with E-state index in [1.54, 1.807) is 4.90 Å². The van der Waals surface area contributed by atoms with Gasteiger partial charge in [0.1, 0.15) is 0 Å². The minimum atomic E-state index is 0. The fourth-order valence-corrected chi connectivity index (χ4v) is 3.73. The fraction of sp³-hybridized carbons (Fsp3) is 0.833. The number of rotatable bonds is 7. The van der Waals surface area contributed by atoms with E-state index in [0.29, 0.717) is 32.4 Å². The zero-order chi connectivity index (χ0) is 18.2. The number of amides is 3. The van der Waals surface area contributed by atoms with E-state index in [0.717, 1.165) is 45.6 Å². The Labute approximate surface area is 162 Å². The Hall–Kier alpha value is -1.34. The summed E-state index contributed by atoms with van der Waals surface area (Å²) in [6.45, 7) is 8.72. The van der Waals surface area contributed by atoms with Crippen molar-refractivity contribution in [2.45, 2.75) is 52.0 Å². The first kappa shape index (κ1) is 22.7. The van der Waals surface area contributed by atoms with Crippen molar-refractivity contribution < 1.29 is 14.4 Å². The van der Waals surface area contributed by atoms with E-state index in [-0.39, 0.29) is 36.2 Å². The monoisotopic (exact) mass is 388 g/mol. The van der Waals surface area contributed by atoms with Crippen LogP contribution in [0.2, 0.25) is 0 Å². The molecule has 150 valence electrons. The van der Waals surface area contributed by atoms with E-state index in [2.05, 4.69) is 5.32 Å². The third kappa shape index (κ3) is 6.13. The van der Waals surface area contributed by atoms with Gasteiger partial charge in [0.2, 0.25) is 17.7 Å². The van der Waals surface area contributed by atoms with Gasteiger partial charge >= 0.3 is 0 Å². The predicted octanol–water partition coefficient (Wildman–Crippen LogP) is 0.870. The fourth-order valence-electron chi connectivity index (χ4n) is 3.73. The normalized spacial score (nSPS) is 20.5. The molecule has 1 unspecified atom stereocenters. The van der Waals surface area contributed by atoms with Crippen molar-refractivity contribution >= 4 is 30.1 Å². The summed E-state index contributed by atoms with van der Waals surface area (Å²) < 4.78 is 0. The minimum absolute atomic E-state index is 0. The van der Waals surface area contributed by atoms with Crippen LogP contribution >= 0.6 is 12.4 Å². The van der Waals surface area contributed by atoms with E-state index in [4.69, 9.17) is 0 Å². The Morgan fingerprint density at radius 1 is 1.19 bits per heavy atom. The molecule has 0 aliphatic carbocycles. The van der Waals surface area contributed by atoms with Gasteiger partial charge in [-0.15, -0.1) is 12.4 Å². The average molecular weight is 389 g/mol. The molecular weight excluding hydrogens is 356 g/mol. The summed E-state index contributed by atoms with van der Waals surface area (Å²) in [5, 5.41) is 3.09. The lowest BCUT2D eigenvalue weighted by Gasteiger charge is -2.41. The van der Waals surface area contributed by atoms with E-state index in [1.165, 1.54) is 0 Å². The Bertz CT molecular complexity index is 485. The number of piperazine rings is 1. The molecule has 7 nitrogen and oxygen atoms in total. The number of carbonyl (C=O) groups excluding carboxylic acids is 3. The number of halogens is 1. The quantitative estimate of drug-likeness (QED) is 0.702. The van der Waals surface area contributed by atoms with E-state index >= 15 is 0 Å². The van der Waals surface area contributed by atoms with E-state index < -0.39 is 0 Å². The summed E-state index contributed by atoms with van der Waals surface area (Å²) in [4.78, 5) is 42.2. The van der Waals surface area contributed by atoms with Crippen LogP contribution in [0.3, 0.4) is 0 Å². The number of likely N-dealkylation sites (tertiary alicyclic amines) is 1. The summed E-state index contributed by atoms with van der Waals surface area (Å²) in [6, 6.07) is 0.143. The number of carbonyl (C=O) groups is 3. The summed E-state index contributed by atoms with van der Waals surface area (Å²) in [5.74, 6) is 0.371. The van der Waals surface area contributed by atoms with Crippen LogP contribution in [0.5, 0.6) is 0 Å². The highest BCUT2D eigenvalue weighted by Crippen LogP contribution is 2.18. The Kier molecular flexibility index (Phi) is 9.94. The van der Waals surface area contributed by atoms with Crippen molar-refractivity contribution in [1.29, 1.82) is 0 Å². The Balaban J connectivity index is 0.00000338. The molecule has 2 fully saturated rings. The molecule has 2 aliphatic rings. The van der Waals surface area contributed by atoms with Crippen molar-refractivity contribution in [1.82, 2.24) is 20.0 Å². The number of nitrogens with zero attached hydrogens (tertiary/aromatic N) is 3. The summed E-state index contributed by atoms with van der Waals surface area (Å²) >= 11 is 0. The minimum Gasteiger partial charge on any atom is -0.343 e. The van der Waals surface area contributed by atoms with Gasteiger partial charge in [-0.3, -0.25) is 14.4 Å². The van der Waals surface area contributed by atoms with Gasteiger partial charge < -0.3 is 20.0 Å². The van der Waals surface area contributed by atoms with Crippen LogP contribution in [0.4, 0.5) is 0 Å². The molecule has 2 heterocycles. The van der Waals surface area contributed by atoms with Gasteiger partial charge in [0.15, 0.2) is 0 Å². The van der Waals surface area contributed by atoms with Crippen LogP contribution in [-0.4, -0.2) is 84.3 Å². The second-order valence-corrected chi connectivity index (χ2v) is 6.82. The topological polar surface area (TPSA) is 73.0 Å². The van der Waals surface area contributed by atoms with Gasteiger partial charge in [-0.1, -0.05) is 0 Å². The van der Waals surface area contributed by atoms with E-state index in [9.17, 15) is 14.4 Å². The molecule has 0 spiro atoms. The summed E-state index contributed by atoms with van der Waals surface area (Å²) in [7, 11) is 0. The molecule has 8 heteroatoms. The van der Waals surface area contributed by atoms with Gasteiger partial charge in [0, 0.05) is 58.2 Å². The van der Waals surface area contributed by atoms with Crippen molar-refractivity contribution in [3.63, 3.8) is 0 Å². The lowest BCUT2D eigenvalue weighted by Crippen LogP contribution is -2.57. The molecule has 0 saturated carbocycles. The molecule has 0 radical (unpaired) electrons. The van der Waals surface area contributed by atoms with Crippen LogP contribution in [0.25, 0.3) is 0 Å². The van der Waals surface area contributed by atoms with Crippen LogP contribution in [0.15, 0.2) is 0 Å². The summed E-state index contributed by atoms with van der Waals surface area (Å²) in [5.41, 5.74) is 0. The zero-order valence-corrected chi connectivity index (χ0v) is 16.9. The first-order valence-corrected chi connectivity index (χ1v) is 9.62. The SMILES string of the molecule is CCN(CC)C(=O)CCCC(=O)N1CCCC(N2CCNCC2=O)C1.Cl. The molecule has 26 heavy (non-hydrogen) atoms. The second-order valence-electron chi connectivity index (χ2n) is 6.82. The molecule has 0 aromatic rings. The van der Waals surface area contributed by atoms with Crippen molar-refractivity contribution in [3.8, 4) is 0 Å². The maximum Gasteiger partial charge on any atom is 0.236 e. The van der Waals surface area contributed by atoms with E-state index in [1.807, 2.05) is 23.6 Å². The number of piperidine rings is 1. The lowest BCUT2D eigenvalue weighted by atomic mass is 10.0. The highest BCUT2D eigenvalue weighted by molar-refractivity contribution is 5.85. The van der Waals surface area contributed by atoms with Gasteiger partial charge in [0.05, 0.1) is 6.54 Å². The Morgan fingerprint density at radius 3 is 2.58 bits per heavy atom. The average Bonchev–Trinajstić information content (AvgIpc) is 2.63. The molecule has 3 amide bonds. The maximum absolute atomic E-state index is 12.5. The highest BCUT2D eigenvalue weighted by Gasteiger charge is 2.31. The number of nitrogens with one attached hydrogen (secondary N) is 1. The zero-order valence-electron chi connectivity index (χ0n) is 16.0. The molecule has 0 aromatic heterocycles. The molecule has 0 aromatic carbocycles. The van der Waals surface area contributed by atoms with Crippen LogP contribution in [-0.2, 0) is 14.4 Å². The first-order valence-electron chi connectivity index (χ1n) is 9.62. The molecule has 1 atom stereocenters. The van der Waals surface area contributed by atoms with Crippen molar-refractivity contribution in [2.24, 2.45) is 0 Å². The highest BCUT2D eigenvalue weighted by atomic mass is 35.5. The number of hydrogen-bond donors (Lipinski definition) is 1. The van der Waals surface area contributed by atoms with Crippen LogP contribution < -0.4 is 5.32 Å². The van der Waals surface area contributed by atoms with Gasteiger partial charge in [-0.2, -0.15) is 0 Å². The second kappa shape index (κ2) is 11.4. The molecule has 2 saturated heterocycles. The van der Waals surface area contributed by atoms with Gasteiger partial charge in [-0.05, 0) is 33.1 Å². The Morgan fingerprint density at radius 2 is 1.92 bits per heavy atom. The van der Waals surface area contributed by atoms with Gasteiger partial charge in [-0.25, -0.2) is 0 Å².